The normalized spacial score (nSPS) is 14.0. The highest BCUT2D eigenvalue weighted by atomic mass is 19.4. The van der Waals surface area contributed by atoms with Crippen LogP contribution in [-0.2, 0) is 18.2 Å². The summed E-state index contributed by atoms with van der Waals surface area (Å²) in [4.78, 5) is 4.15. The molecule has 1 heterocycles. The number of aliphatic hydroxyl groups is 1. The molecule has 0 fully saturated rings. The Labute approximate surface area is 148 Å². The van der Waals surface area contributed by atoms with Gasteiger partial charge in [0.25, 0.3) is 0 Å². The molecule has 6 heteroatoms. The molecular formula is C20H16F3NO2. The van der Waals surface area contributed by atoms with Crippen molar-refractivity contribution >= 4 is 0 Å². The lowest BCUT2D eigenvalue weighted by Crippen LogP contribution is -2.31. The molecule has 1 unspecified atom stereocenters. The van der Waals surface area contributed by atoms with Crippen molar-refractivity contribution in [3.8, 4) is 5.75 Å². The molecular weight excluding hydrogens is 343 g/mol. The van der Waals surface area contributed by atoms with Crippen LogP contribution in [-0.4, -0.2) is 15.2 Å². The van der Waals surface area contributed by atoms with Gasteiger partial charge in [-0.25, -0.2) is 0 Å². The first-order valence-electron chi connectivity index (χ1n) is 7.89. The summed E-state index contributed by atoms with van der Waals surface area (Å²) < 4.78 is 39.4. The zero-order chi connectivity index (χ0) is 18.8. The van der Waals surface area contributed by atoms with E-state index < -0.39 is 23.1 Å². The van der Waals surface area contributed by atoms with Crippen molar-refractivity contribution in [3.63, 3.8) is 0 Å². The number of aromatic nitrogens is 1. The summed E-state index contributed by atoms with van der Waals surface area (Å²) in [6, 6.07) is 15.9. The lowest BCUT2D eigenvalue weighted by molar-refractivity contribution is -0.137. The van der Waals surface area contributed by atoms with Crippen molar-refractivity contribution in [1.82, 2.24) is 4.98 Å². The van der Waals surface area contributed by atoms with Gasteiger partial charge in [0, 0.05) is 23.9 Å². The van der Waals surface area contributed by atoms with Gasteiger partial charge in [0.05, 0.1) is 5.56 Å². The maximum atomic E-state index is 13.1. The third kappa shape index (κ3) is 3.55. The van der Waals surface area contributed by atoms with Gasteiger partial charge < -0.3 is 10.2 Å². The fourth-order valence-corrected chi connectivity index (χ4v) is 2.88. The molecule has 26 heavy (non-hydrogen) atoms. The van der Waals surface area contributed by atoms with E-state index in [1.54, 1.807) is 48.5 Å². The SMILES string of the molecule is Oc1ccc(C(F)(F)F)cc1C(O)(Cc1ccccn1)c1ccccc1. The van der Waals surface area contributed by atoms with Crippen molar-refractivity contribution < 1.29 is 23.4 Å². The van der Waals surface area contributed by atoms with Crippen LogP contribution in [0.5, 0.6) is 5.75 Å². The molecule has 3 rings (SSSR count). The van der Waals surface area contributed by atoms with Crippen LogP contribution in [0, 0.1) is 0 Å². The van der Waals surface area contributed by atoms with E-state index in [-0.39, 0.29) is 12.0 Å². The number of phenols is 1. The van der Waals surface area contributed by atoms with Gasteiger partial charge in [-0.3, -0.25) is 4.98 Å². The minimum absolute atomic E-state index is 0.0906. The van der Waals surface area contributed by atoms with Crippen LogP contribution < -0.4 is 0 Å². The van der Waals surface area contributed by atoms with Gasteiger partial charge >= 0.3 is 6.18 Å². The minimum Gasteiger partial charge on any atom is -0.508 e. The second kappa shape index (κ2) is 6.80. The summed E-state index contributed by atoms with van der Waals surface area (Å²) in [5.41, 5.74) is -2.19. The highest BCUT2D eigenvalue weighted by Crippen LogP contribution is 2.41. The van der Waals surface area contributed by atoms with E-state index in [9.17, 15) is 23.4 Å². The van der Waals surface area contributed by atoms with Crippen LogP contribution in [0.4, 0.5) is 13.2 Å². The Morgan fingerprint density at radius 1 is 0.846 bits per heavy atom. The van der Waals surface area contributed by atoms with Gasteiger partial charge in [0.2, 0.25) is 0 Å². The second-order valence-corrected chi connectivity index (χ2v) is 5.95. The largest absolute Gasteiger partial charge is 0.508 e. The lowest BCUT2D eigenvalue weighted by atomic mass is 9.81. The van der Waals surface area contributed by atoms with Crippen LogP contribution in [0.2, 0.25) is 0 Å². The van der Waals surface area contributed by atoms with E-state index in [4.69, 9.17) is 0 Å². The average Bonchev–Trinajstić information content (AvgIpc) is 2.62. The molecule has 0 saturated carbocycles. The van der Waals surface area contributed by atoms with Crippen LogP contribution in [0.3, 0.4) is 0 Å². The van der Waals surface area contributed by atoms with Gasteiger partial charge in [-0.1, -0.05) is 36.4 Å². The summed E-state index contributed by atoms with van der Waals surface area (Å²) in [5, 5.41) is 21.6. The molecule has 0 bridgehead atoms. The molecule has 1 atom stereocenters. The summed E-state index contributed by atoms with van der Waals surface area (Å²) in [6.07, 6.45) is -3.15. The Bertz CT molecular complexity index is 883. The molecule has 2 N–H and O–H groups in total. The van der Waals surface area contributed by atoms with Crippen molar-refractivity contribution in [2.45, 2.75) is 18.2 Å². The molecule has 0 radical (unpaired) electrons. The highest BCUT2D eigenvalue weighted by Gasteiger charge is 2.38. The number of halogens is 3. The fourth-order valence-electron chi connectivity index (χ4n) is 2.88. The third-order valence-electron chi connectivity index (χ3n) is 4.18. The van der Waals surface area contributed by atoms with Crippen LogP contribution in [0.25, 0.3) is 0 Å². The summed E-state index contributed by atoms with van der Waals surface area (Å²) in [7, 11) is 0. The van der Waals surface area contributed by atoms with Crippen LogP contribution >= 0.6 is 0 Å². The predicted octanol–water partition coefficient (Wildman–Crippen LogP) is 4.28. The van der Waals surface area contributed by atoms with Crippen LogP contribution in [0.1, 0.15) is 22.4 Å². The maximum absolute atomic E-state index is 13.1. The number of aromatic hydroxyl groups is 1. The molecule has 0 saturated heterocycles. The molecule has 134 valence electrons. The maximum Gasteiger partial charge on any atom is 0.416 e. The topological polar surface area (TPSA) is 53.4 Å². The Kier molecular flexibility index (Phi) is 4.70. The van der Waals surface area contributed by atoms with E-state index >= 15 is 0 Å². The highest BCUT2D eigenvalue weighted by molar-refractivity contribution is 5.47. The van der Waals surface area contributed by atoms with Gasteiger partial charge in [-0.15, -0.1) is 0 Å². The molecule has 0 amide bonds. The smallest absolute Gasteiger partial charge is 0.416 e. The second-order valence-electron chi connectivity index (χ2n) is 5.95. The first-order chi connectivity index (χ1) is 12.3. The Balaban J connectivity index is 2.18. The quantitative estimate of drug-likeness (QED) is 0.731. The fraction of sp³-hybridized carbons (Fsp3) is 0.150. The third-order valence-corrected chi connectivity index (χ3v) is 4.18. The number of hydrogen-bond acceptors (Lipinski definition) is 3. The number of phenolic OH excluding ortho intramolecular Hbond substituents is 1. The number of benzene rings is 2. The number of nitrogens with zero attached hydrogens (tertiary/aromatic N) is 1. The predicted molar refractivity (Wildman–Crippen MR) is 90.5 cm³/mol. The zero-order valence-corrected chi connectivity index (χ0v) is 13.6. The summed E-state index contributed by atoms with van der Waals surface area (Å²) in [6.45, 7) is 0. The number of hydrogen-bond donors (Lipinski definition) is 2. The Hall–Kier alpha value is -2.86. The van der Waals surface area contributed by atoms with Gasteiger partial charge in [0.1, 0.15) is 11.4 Å². The van der Waals surface area contributed by atoms with E-state index in [0.29, 0.717) is 11.3 Å². The van der Waals surface area contributed by atoms with Gasteiger partial charge in [-0.2, -0.15) is 13.2 Å². The minimum atomic E-state index is -4.59. The van der Waals surface area contributed by atoms with E-state index in [1.807, 2.05) is 0 Å². The molecule has 0 spiro atoms. The van der Waals surface area contributed by atoms with Crippen molar-refractivity contribution in [3.05, 3.63) is 95.3 Å². The molecule has 1 aromatic heterocycles. The van der Waals surface area contributed by atoms with Crippen LogP contribution in [0.15, 0.2) is 72.9 Å². The molecule has 0 aliphatic carbocycles. The molecule has 3 aromatic rings. The molecule has 0 aliphatic rings. The van der Waals surface area contributed by atoms with Crippen molar-refractivity contribution in [1.29, 1.82) is 0 Å². The number of alkyl halides is 3. The first-order valence-corrected chi connectivity index (χ1v) is 7.89. The number of rotatable bonds is 4. The molecule has 3 nitrogen and oxygen atoms in total. The van der Waals surface area contributed by atoms with Gasteiger partial charge in [0.15, 0.2) is 0 Å². The molecule has 2 aromatic carbocycles. The lowest BCUT2D eigenvalue weighted by Gasteiger charge is -2.30. The van der Waals surface area contributed by atoms with E-state index in [1.165, 1.54) is 6.20 Å². The average molecular weight is 359 g/mol. The molecule has 0 aliphatic heterocycles. The number of pyridine rings is 1. The Morgan fingerprint density at radius 2 is 1.54 bits per heavy atom. The monoisotopic (exact) mass is 359 g/mol. The van der Waals surface area contributed by atoms with E-state index in [0.717, 1.165) is 18.2 Å². The first kappa shape index (κ1) is 17.9. The summed E-state index contributed by atoms with van der Waals surface area (Å²) in [5.74, 6) is -0.416. The summed E-state index contributed by atoms with van der Waals surface area (Å²) >= 11 is 0. The van der Waals surface area contributed by atoms with Crippen molar-refractivity contribution in [2.24, 2.45) is 0 Å². The van der Waals surface area contributed by atoms with Gasteiger partial charge in [-0.05, 0) is 35.9 Å². The zero-order valence-electron chi connectivity index (χ0n) is 13.6. The van der Waals surface area contributed by atoms with E-state index in [2.05, 4.69) is 4.98 Å². The Morgan fingerprint density at radius 3 is 2.15 bits per heavy atom. The standard InChI is InChI=1S/C20H16F3NO2/c21-20(22,23)15-9-10-18(25)17(12-15)19(26,14-6-2-1-3-7-14)13-16-8-4-5-11-24-16/h1-12,25-26H,13H2. The van der Waals surface area contributed by atoms with Crippen molar-refractivity contribution in [2.75, 3.05) is 0 Å².